The van der Waals surface area contributed by atoms with E-state index >= 15 is 0 Å². The van der Waals surface area contributed by atoms with Gasteiger partial charge in [0.25, 0.3) is 5.91 Å². The number of carbonyl (C=O) groups is 1. The molecule has 1 atom stereocenters. The van der Waals surface area contributed by atoms with Crippen molar-refractivity contribution in [2.45, 2.75) is 58.7 Å². The monoisotopic (exact) mass is 493 g/mol. The molecule has 7 nitrogen and oxygen atoms in total. The number of aromatic nitrogens is 2. The van der Waals surface area contributed by atoms with Crippen LogP contribution in [0.3, 0.4) is 0 Å². The zero-order valence-electron chi connectivity index (χ0n) is 20.6. The summed E-state index contributed by atoms with van der Waals surface area (Å²) in [5, 5.41) is 8.29. The summed E-state index contributed by atoms with van der Waals surface area (Å²) < 4.78 is 6.31. The molecule has 1 aromatic carbocycles. The van der Waals surface area contributed by atoms with Crippen molar-refractivity contribution >= 4 is 34.7 Å². The van der Waals surface area contributed by atoms with Crippen molar-refractivity contribution in [2.75, 3.05) is 35.2 Å². The van der Waals surface area contributed by atoms with Crippen molar-refractivity contribution in [3.63, 3.8) is 0 Å². The quantitative estimate of drug-likeness (QED) is 0.310. The van der Waals surface area contributed by atoms with Gasteiger partial charge in [-0.15, -0.1) is 11.3 Å². The number of nitrogens with zero attached hydrogens (tertiary/aromatic N) is 3. The molecule has 35 heavy (non-hydrogen) atoms. The fourth-order valence-electron chi connectivity index (χ4n) is 4.25. The van der Waals surface area contributed by atoms with Crippen molar-refractivity contribution < 1.29 is 9.53 Å². The summed E-state index contributed by atoms with van der Waals surface area (Å²) in [6, 6.07) is 12.1. The van der Waals surface area contributed by atoms with Gasteiger partial charge in [-0.3, -0.25) is 4.79 Å². The summed E-state index contributed by atoms with van der Waals surface area (Å²) in [5.74, 6) is 1.04. The zero-order chi connectivity index (χ0) is 24.5. The molecule has 0 saturated carbocycles. The van der Waals surface area contributed by atoms with Crippen molar-refractivity contribution in [3.05, 3.63) is 64.0 Å². The van der Waals surface area contributed by atoms with E-state index in [9.17, 15) is 4.79 Å². The molecule has 2 aromatic heterocycles. The fourth-order valence-corrected chi connectivity index (χ4v) is 5.06. The molecule has 0 bridgehead atoms. The average Bonchev–Trinajstić information content (AvgIpc) is 3.59. The predicted molar refractivity (Wildman–Crippen MR) is 143 cm³/mol. The van der Waals surface area contributed by atoms with Crippen LogP contribution < -0.4 is 15.5 Å². The Balaban J connectivity index is 1.45. The third-order valence-corrected chi connectivity index (χ3v) is 7.03. The molecule has 1 aliphatic rings. The molecule has 1 aliphatic heterocycles. The van der Waals surface area contributed by atoms with Crippen LogP contribution in [0.25, 0.3) is 0 Å². The second kappa shape index (κ2) is 12.7. The SMILES string of the molecule is CCCCC(OCc1cccc(NC(=O)c2cnc(NCC)nc2N2CCCC2)c1)c1cccs1. The Morgan fingerprint density at radius 2 is 2.06 bits per heavy atom. The number of carbonyl (C=O) groups excluding carboxylic acids is 1. The number of anilines is 3. The van der Waals surface area contributed by atoms with E-state index in [2.05, 4.69) is 49.9 Å². The van der Waals surface area contributed by atoms with Gasteiger partial charge in [0, 0.05) is 36.4 Å². The number of rotatable bonds is 12. The maximum absolute atomic E-state index is 13.2. The number of hydrogen-bond donors (Lipinski definition) is 2. The van der Waals surface area contributed by atoms with Crippen molar-refractivity contribution in [1.29, 1.82) is 0 Å². The Morgan fingerprint density at radius 1 is 1.20 bits per heavy atom. The first-order valence-corrected chi connectivity index (χ1v) is 13.5. The maximum atomic E-state index is 13.2. The van der Waals surface area contributed by atoms with Gasteiger partial charge in [-0.2, -0.15) is 4.98 Å². The summed E-state index contributed by atoms with van der Waals surface area (Å²) >= 11 is 1.74. The van der Waals surface area contributed by atoms with E-state index in [0.717, 1.165) is 63.0 Å². The Morgan fingerprint density at radius 3 is 2.80 bits per heavy atom. The molecule has 3 heterocycles. The van der Waals surface area contributed by atoms with Gasteiger partial charge in [0.2, 0.25) is 5.95 Å². The normalized spacial score (nSPS) is 14.2. The van der Waals surface area contributed by atoms with Gasteiger partial charge in [-0.05, 0) is 55.3 Å². The predicted octanol–water partition coefficient (Wildman–Crippen LogP) is 6.27. The van der Waals surface area contributed by atoms with Crippen LogP contribution in [0.2, 0.25) is 0 Å². The molecule has 2 N–H and O–H groups in total. The van der Waals surface area contributed by atoms with E-state index in [0.29, 0.717) is 23.9 Å². The van der Waals surface area contributed by atoms with Gasteiger partial charge in [0.15, 0.2) is 0 Å². The van der Waals surface area contributed by atoms with Crippen LogP contribution in [0.1, 0.15) is 72.9 Å². The van der Waals surface area contributed by atoms with Gasteiger partial charge in [-0.25, -0.2) is 4.98 Å². The Labute approximate surface area is 211 Å². The lowest BCUT2D eigenvalue weighted by Crippen LogP contribution is -2.25. The largest absolute Gasteiger partial charge is 0.368 e. The molecule has 1 saturated heterocycles. The second-order valence-corrected chi connectivity index (χ2v) is 9.75. The highest BCUT2D eigenvalue weighted by atomic mass is 32.1. The lowest BCUT2D eigenvalue weighted by atomic mass is 10.1. The van der Waals surface area contributed by atoms with Gasteiger partial charge < -0.3 is 20.3 Å². The minimum Gasteiger partial charge on any atom is -0.368 e. The van der Waals surface area contributed by atoms with E-state index in [-0.39, 0.29) is 12.0 Å². The molecule has 8 heteroatoms. The second-order valence-electron chi connectivity index (χ2n) is 8.77. The smallest absolute Gasteiger partial charge is 0.261 e. The molecular weight excluding hydrogens is 458 g/mol. The van der Waals surface area contributed by atoms with Gasteiger partial charge in [0.05, 0.1) is 12.7 Å². The highest BCUT2D eigenvalue weighted by molar-refractivity contribution is 7.10. The lowest BCUT2D eigenvalue weighted by molar-refractivity contribution is 0.0348. The van der Waals surface area contributed by atoms with E-state index in [1.54, 1.807) is 17.5 Å². The molecule has 0 spiro atoms. The number of thiophene rings is 1. The van der Waals surface area contributed by atoms with E-state index in [1.165, 1.54) is 4.88 Å². The molecule has 0 radical (unpaired) electrons. The summed E-state index contributed by atoms with van der Waals surface area (Å²) in [4.78, 5) is 25.7. The first kappa shape index (κ1) is 25.1. The molecule has 3 aromatic rings. The van der Waals surface area contributed by atoms with Crippen LogP contribution >= 0.6 is 11.3 Å². The van der Waals surface area contributed by atoms with E-state index < -0.39 is 0 Å². The Hall–Kier alpha value is -2.97. The van der Waals surface area contributed by atoms with Crippen LogP contribution in [0.4, 0.5) is 17.5 Å². The number of unbranched alkanes of at least 4 members (excludes halogenated alkanes) is 1. The highest BCUT2D eigenvalue weighted by Crippen LogP contribution is 2.29. The first-order chi connectivity index (χ1) is 17.2. The summed E-state index contributed by atoms with van der Waals surface area (Å²) in [6.07, 6.45) is 7.22. The molecular formula is C27H35N5O2S. The third kappa shape index (κ3) is 6.80. The Bertz CT molecular complexity index is 1080. The standard InChI is InChI=1S/C27H35N5O2S/c1-3-5-12-23(24-13-9-16-35-24)34-19-20-10-8-11-21(17-20)30-26(33)22-18-29-27(28-4-2)31-25(22)32-14-6-7-15-32/h8-11,13,16-18,23H,3-7,12,14-15,19H2,1-2H3,(H,30,33)(H,28,29,31). The number of benzene rings is 1. The molecule has 1 amide bonds. The molecule has 4 rings (SSSR count). The maximum Gasteiger partial charge on any atom is 0.261 e. The van der Waals surface area contributed by atoms with Crippen LogP contribution in [-0.2, 0) is 11.3 Å². The highest BCUT2D eigenvalue weighted by Gasteiger charge is 2.22. The molecule has 0 aliphatic carbocycles. The third-order valence-electron chi connectivity index (χ3n) is 6.07. The minimum absolute atomic E-state index is 0.101. The zero-order valence-corrected chi connectivity index (χ0v) is 21.4. The molecule has 1 unspecified atom stereocenters. The number of ether oxygens (including phenoxy) is 1. The lowest BCUT2D eigenvalue weighted by Gasteiger charge is -2.20. The first-order valence-electron chi connectivity index (χ1n) is 12.6. The van der Waals surface area contributed by atoms with Gasteiger partial charge >= 0.3 is 0 Å². The van der Waals surface area contributed by atoms with Crippen LogP contribution in [0.5, 0.6) is 0 Å². The average molecular weight is 494 g/mol. The number of hydrogen-bond acceptors (Lipinski definition) is 7. The van der Waals surface area contributed by atoms with Crippen LogP contribution in [0.15, 0.2) is 48.0 Å². The fraction of sp³-hybridized carbons (Fsp3) is 0.444. The van der Waals surface area contributed by atoms with Crippen LogP contribution in [-0.4, -0.2) is 35.5 Å². The Kier molecular flexibility index (Phi) is 9.08. The van der Waals surface area contributed by atoms with Crippen molar-refractivity contribution in [1.82, 2.24) is 9.97 Å². The van der Waals surface area contributed by atoms with E-state index in [4.69, 9.17) is 4.74 Å². The van der Waals surface area contributed by atoms with Crippen molar-refractivity contribution in [3.8, 4) is 0 Å². The summed E-state index contributed by atoms with van der Waals surface area (Å²) in [6.45, 7) is 7.23. The van der Waals surface area contributed by atoms with Gasteiger partial charge in [0.1, 0.15) is 11.4 Å². The van der Waals surface area contributed by atoms with E-state index in [1.807, 2.05) is 31.2 Å². The van der Waals surface area contributed by atoms with Gasteiger partial charge in [-0.1, -0.05) is 38.0 Å². The number of nitrogens with one attached hydrogen (secondary N) is 2. The molecule has 1 fully saturated rings. The topological polar surface area (TPSA) is 79.4 Å². The molecule has 186 valence electrons. The van der Waals surface area contributed by atoms with Crippen LogP contribution in [0, 0.1) is 0 Å². The summed E-state index contributed by atoms with van der Waals surface area (Å²) in [5.41, 5.74) is 2.26. The minimum atomic E-state index is -0.201. The van der Waals surface area contributed by atoms with Crippen molar-refractivity contribution in [2.24, 2.45) is 0 Å². The summed E-state index contributed by atoms with van der Waals surface area (Å²) in [7, 11) is 0. The number of amides is 1.